The van der Waals surface area contributed by atoms with Crippen molar-refractivity contribution in [3.63, 3.8) is 0 Å². The van der Waals surface area contributed by atoms with E-state index < -0.39 is 17.7 Å². The second-order valence-electron chi connectivity index (χ2n) is 4.99. The van der Waals surface area contributed by atoms with Crippen molar-refractivity contribution < 1.29 is 13.9 Å². The third kappa shape index (κ3) is 2.72. The van der Waals surface area contributed by atoms with Crippen molar-refractivity contribution in [3.8, 4) is 0 Å². The fourth-order valence-electron chi connectivity index (χ4n) is 2.46. The molecule has 0 saturated carbocycles. The molecule has 1 nitrogen and oxygen atoms in total. The molecule has 0 saturated heterocycles. The van der Waals surface area contributed by atoms with Crippen molar-refractivity contribution in [2.24, 2.45) is 0 Å². The van der Waals surface area contributed by atoms with E-state index in [4.69, 9.17) is 0 Å². The van der Waals surface area contributed by atoms with Crippen molar-refractivity contribution >= 4 is 11.8 Å². The molecule has 0 fully saturated rings. The first-order valence-electron chi connectivity index (χ1n) is 6.50. The smallest absolute Gasteiger partial charge is 0.159 e. The van der Waals surface area contributed by atoms with Crippen LogP contribution in [0.3, 0.4) is 0 Å². The Morgan fingerprint density at radius 2 is 1.95 bits per heavy atom. The van der Waals surface area contributed by atoms with Gasteiger partial charge in [-0.1, -0.05) is 24.3 Å². The van der Waals surface area contributed by atoms with Gasteiger partial charge in [0.2, 0.25) is 0 Å². The van der Waals surface area contributed by atoms with E-state index in [1.807, 2.05) is 18.2 Å². The van der Waals surface area contributed by atoms with E-state index in [9.17, 15) is 13.9 Å². The molecule has 1 N–H and O–H groups in total. The van der Waals surface area contributed by atoms with E-state index in [1.165, 1.54) is 16.5 Å². The molecule has 0 aromatic heterocycles. The number of benzene rings is 2. The van der Waals surface area contributed by atoms with Crippen molar-refractivity contribution in [2.45, 2.75) is 29.1 Å². The van der Waals surface area contributed by atoms with Crippen LogP contribution in [0.1, 0.15) is 11.1 Å². The first-order chi connectivity index (χ1) is 9.63. The van der Waals surface area contributed by atoms with Gasteiger partial charge in [0.05, 0.1) is 6.10 Å². The summed E-state index contributed by atoms with van der Waals surface area (Å²) in [6, 6.07) is 11.9. The molecule has 104 valence electrons. The van der Waals surface area contributed by atoms with Crippen LogP contribution < -0.4 is 0 Å². The first kappa shape index (κ1) is 13.6. The average molecular weight is 292 g/mol. The molecule has 0 amide bonds. The molecule has 0 aliphatic carbocycles. The van der Waals surface area contributed by atoms with Gasteiger partial charge in [-0.2, -0.15) is 0 Å². The summed E-state index contributed by atoms with van der Waals surface area (Å²) >= 11 is 1.65. The Morgan fingerprint density at radius 3 is 2.70 bits per heavy atom. The number of halogens is 2. The minimum atomic E-state index is -0.864. The highest BCUT2D eigenvalue weighted by Crippen LogP contribution is 2.38. The SMILES string of the molecule is OC(Cc1ccc(F)c(F)c1)C1Cc2ccccc2S1. The Bertz CT molecular complexity index is 605. The molecule has 4 heteroatoms. The molecule has 2 unspecified atom stereocenters. The monoisotopic (exact) mass is 292 g/mol. The molecule has 1 aliphatic rings. The minimum Gasteiger partial charge on any atom is -0.392 e. The predicted octanol–water partition coefficient (Wildman–Crippen LogP) is 3.59. The van der Waals surface area contributed by atoms with Gasteiger partial charge in [-0.15, -0.1) is 11.8 Å². The lowest BCUT2D eigenvalue weighted by atomic mass is 10.0. The van der Waals surface area contributed by atoms with Gasteiger partial charge in [-0.25, -0.2) is 8.78 Å². The van der Waals surface area contributed by atoms with Crippen molar-refractivity contribution in [1.82, 2.24) is 0 Å². The van der Waals surface area contributed by atoms with Crippen LogP contribution in [0, 0.1) is 11.6 Å². The molecular formula is C16H14F2OS. The molecule has 0 spiro atoms. The van der Waals surface area contributed by atoms with Gasteiger partial charge in [0, 0.05) is 10.1 Å². The van der Waals surface area contributed by atoms with Crippen LogP contribution in [0.25, 0.3) is 0 Å². The van der Waals surface area contributed by atoms with Crippen LogP contribution >= 0.6 is 11.8 Å². The Labute approximate surface area is 120 Å². The molecule has 2 atom stereocenters. The standard InChI is InChI=1S/C16H14F2OS/c17-12-6-5-10(7-13(12)18)8-14(19)16-9-11-3-1-2-4-15(11)20-16/h1-7,14,16,19H,8-9H2. The van der Waals surface area contributed by atoms with Crippen molar-refractivity contribution in [1.29, 1.82) is 0 Å². The fraction of sp³-hybridized carbons (Fsp3) is 0.250. The van der Waals surface area contributed by atoms with Gasteiger partial charge in [0.1, 0.15) is 0 Å². The second kappa shape index (κ2) is 5.54. The Hall–Kier alpha value is -1.39. The summed E-state index contributed by atoms with van der Waals surface area (Å²) in [6.07, 6.45) is 0.575. The number of hydrogen-bond acceptors (Lipinski definition) is 2. The lowest BCUT2D eigenvalue weighted by Gasteiger charge is -2.17. The van der Waals surface area contributed by atoms with E-state index in [2.05, 4.69) is 6.07 Å². The topological polar surface area (TPSA) is 20.2 Å². The van der Waals surface area contributed by atoms with Crippen molar-refractivity contribution in [3.05, 3.63) is 65.2 Å². The highest BCUT2D eigenvalue weighted by molar-refractivity contribution is 8.00. The maximum Gasteiger partial charge on any atom is 0.159 e. The molecule has 1 heterocycles. The normalized spacial score (nSPS) is 18.9. The van der Waals surface area contributed by atoms with E-state index in [0.717, 1.165) is 18.6 Å². The largest absolute Gasteiger partial charge is 0.392 e. The summed E-state index contributed by atoms with van der Waals surface area (Å²) in [5.41, 5.74) is 1.86. The van der Waals surface area contributed by atoms with E-state index >= 15 is 0 Å². The zero-order chi connectivity index (χ0) is 14.1. The molecule has 2 aromatic carbocycles. The van der Waals surface area contributed by atoms with Crippen LogP contribution in [-0.2, 0) is 12.8 Å². The van der Waals surface area contributed by atoms with Crippen molar-refractivity contribution in [2.75, 3.05) is 0 Å². The lowest BCUT2D eigenvalue weighted by Crippen LogP contribution is -2.25. The molecule has 2 aromatic rings. The number of aliphatic hydroxyl groups excluding tert-OH is 1. The summed E-state index contributed by atoms with van der Waals surface area (Å²) in [7, 11) is 0. The maximum absolute atomic E-state index is 13.2. The third-order valence-electron chi connectivity index (χ3n) is 3.53. The van der Waals surface area contributed by atoms with Gasteiger partial charge in [-0.05, 0) is 42.2 Å². The molecule has 0 bridgehead atoms. The van der Waals surface area contributed by atoms with E-state index in [0.29, 0.717) is 12.0 Å². The Kier molecular flexibility index (Phi) is 3.76. The fourth-order valence-corrected chi connectivity index (χ4v) is 3.77. The number of aliphatic hydroxyl groups is 1. The van der Waals surface area contributed by atoms with Gasteiger partial charge >= 0.3 is 0 Å². The maximum atomic E-state index is 13.2. The Balaban J connectivity index is 1.69. The molecule has 20 heavy (non-hydrogen) atoms. The average Bonchev–Trinajstić information content (AvgIpc) is 2.87. The summed E-state index contributed by atoms with van der Waals surface area (Å²) in [4.78, 5) is 1.20. The number of fused-ring (bicyclic) bond motifs is 1. The van der Waals surface area contributed by atoms with Crippen LogP contribution in [0.5, 0.6) is 0 Å². The van der Waals surface area contributed by atoms with E-state index in [-0.39, 0.29) is 5.25 Å². The van der Waals surface area contributed by atoms with Crippen LogP contribution in [-0.4, -0.2) is 16.5 Å². The van der Waals surface area contributed by atoms with Gasteiger partial charge < -0.3 is 5.11 Å². The summed E-state index contributed by atoms with van der Waals surface area (Å²) in [6.45, 7) is 0. The van der Waals surface area contributed by atoms with Crippen LogP contribution in [0.15, 0.2) is 47.4 Å². The zero-order valence-corrected chi connectivity index (χ0v) is 11.5. The molecule has 0 radical (unpaired) electrons. The number of thioether (sulfide) groups is 1. The molecule has 3 rings (SSSR count). The first-order valence-corrected chi connectivity index (χ1v) is 7.38. The van der Waals surface area contributed by atoms with Crippen LogP contribution in [0.4, 0.5) is 8.78 Å². The number of hydrogen-bond donors (Lipinski definition) is 1. The predicted molar refractivity (Wildman–Crippen MR) is 75.9 cm³/mol. The number of rotatable bonds is 3. The summed E-state index contributed by atoms with van der Waals surface area (Å²) < 4.78 is 26.0. The quantitative estimate of drug-likeness (QED) is 0.933. The lowest BCUT2D eigenvalue weighted by molar-refractivity contribution is 0.172. The highest BCUT2D eigenvalue weighted by Gasteiger charge is 2.28. The van der Waals surface area contributed by atoms with Gasteiger partial charge in [0.25, 0.3) is 0 Å². The molecular weight excluding hydrogens is 278 g/mol. The summed E-state index contributed by atoms with van der Waals surface area (Å²) in [5, 5.41) is 10.4. The molecule has 1 aliphatic heterocycles. The van der Waals surface area contributed by atoms with Gasteiger partial charge in [0.15, 0.2) is 11.6 Å². The third-order valence-corrected chi connectivity index (χ3v) is 4.97. The Morgan fingerprint density at radius 1 is 1.15 bits per heavy atom. The van der Waals surface area contributed by atoms with E-state index in [1.54, 1.807) is 11.8 Å². The highest BCUT2D eigenvalue weighted by atomic mass is 32.2. The summed E-state index contributed by atoms with van der Waals surface area (Å²) in [5.74, 6) is -1.72. The zero-order valence-electron chi connectivity index (χ0n) is 10.7. The van der Waals surface area contributed by atoms with Gasteiger partial charge in [-0.3, -0.25) is 0 Å². The van der Waals surface area contributed by atoms with Crippen LogP contribution in [0.2, 0.25) is 0 Å². The minimum absolute atomic E-state index is 0.0699. The second-order valence-corrected chi connectivity index (χ2v) is 6.27.